The lowest BCUT2D eigenvalue weighted by molar-refractivity contribution is 0.672. The van der Waals surface area contributed by atoms with E-state index in [0.29, 0.717) is 11.5 Å². The predicted octanol–water partition coefficient (Wildman–Crippen LogP) is 2.54. The SMILES string of the molecule is C.CCS(=O)(CC)=NC(C)C. The van der Waals surface area contributed by atoms with Crippen LogP contribution in [0, 0.1) is 0 Å². The van der Waals surface area contributed by atoms with Gasteiger partial charge in [0.1, 0.15) is 0 Å². The van der Waals surface area contributed by atoms with E-state index in [4.69, 9.17) is 0 Å². The van der Waals surface area contributed by atoms with E-state index in [1.165, 1.54) is 0 Å². The van der Waals surface area contributed by atoms with Crippen molar-refractivity contribution in [3.05, 3.63) is 0 Å². The zero-order valence-electron chi connectivity index (χ0n) is 7.26. The summed E-state index contributed by atoms with van der Waals surface area (Å²) >= 11 is 0. The molecule has 0 saturated carbocycles. The van der Waals surface area contributed by atoms with Gasteiger partial charge in [0.15, 0.2) is 0 Å². The van der Waals surface area contributed by atoms with Gasteiger partial charge < -0.3 is 0 Å². The van der Waals surface area contributed by atoms with Crippen molar-refractivity contribution in [1.82, 2.24) is 0 Å². The van der Waals surface area contributed by atoms with Gasteiger partial charge >= 0.3 is 0 Å². The Bertz CT molecular complexity index is 180. The molecule has 0 saturated heterocycles. The number of hydrogen-bond donors (Lipinski definition) is 0. The van der Waals surface area contributed by atoms with Crippen LogP contribution in [-0.2, 0) is 9.73 Å². The molecule has 0 atom stereocenters. The average molecular weight is 179 g/mol. The monoisotopic (exact) mass is 179 g/mol. The van der Waals surface area contributed by atoms with Gasteiger partial charge in [-0.2, -0.15) is 0 Å². The first-order valence-electron chi connectivity index (χ1n) is 3.75. The summed E-state index contributed by atoms with van der Waals surface area (Å²) in [4.78, 5) is 0. The minimum absolute atomic E-state index is 0. The van der Waals surface area contributed by atoms with E-state index >= 15 is 0 Å². The van der Waals surface area contributed by atoms with Gasteiger partial charge in [0, 0.05) is 21.2 Å². The normalized spacial score (nSPS) is 11.0. The maximum atomic E-state index is 11.6. The van der Waals surface area contributed by atoms with E-state index in [1.54, 1.807) is 0 Å². The van der Waals surface area contributed by atoms with Crippen molar-refractivity contribution in [2.24, 2.45) is 4.36 Å². The summed E-state index contributed by atoms with van der Waals surface area (Å²) in [6.07, 6.45) is 0. The lowest BCUT2D eigenvalue weighted by atomic mass is 10.4. The molecule has 0 radical (unpaired) electrons. The third kappa shape index (κ3) is 5.24. The quantitative estimate of drug-likeness (QED) is 0.654. The molecule has 0 aliphatic rings. The molecule has 0 aromatic carbocycles. The molecule has 0 aromatic rings. The Kier molecular flexibility index (Phi) is 6.87. The average Bonchev–Trinajstić information content (AvgIpc) is 1.87. The lowest BCUT2D eigenvalue weighted by Gasteiger charge is -2.05. The summed E-state index contributed by atoms with van der Waals surface area (Å²) in [7, 11) is -1.84. The summed E-state index contributed by atoms with van der Waals surface area (Å²) in [6.45, 7) is 7.78. The van der Waals surface area contributed by atoms with Crippen molar-refractivity contribution in [3.8, 4) is 0 Å². The molecule has 0 rings (SSSR count). The van der Waals surface area contributed by atoms with Crippen molar-refractivity contribution in [2.75, 3.05) is 11.5 Å². The highest BCUT2D eigenvalue weighted by Gasteiger charge is 2.02. The summed E-state index contributed by atoms with van der Waals surface area (Å²) in [5.74, 6) is 1.36. The van der Waals surface area contributed by atoms with Gasteiger partial charge in [-0.3, -0.25) is 0 Å². The molecule has 0 aliphatic heterocycles. The molecule has 11 heavy (non-hydrogen) atoms. The molecular weight excluding hydrogens is 158 g/mol. The maximum Gasteiger partial charge on any atom is 0.0537 e. The molecule has 0 amide bonds. The van der Waals surface area contributed by atoms with Crippen LogP contribution >= 0.6 is 0 Å². The molecule has 0 N–H and O–H groups in total. The van der Waals surface area contributed by atoms with Crippen LogP contribution in [-0.4, -0.2) is 21.8 Å². The predicted molar refractivity (Wildman–Crippen MR) is 53.5 cm³/mol. The molecule has 70 valence electrons. The molecule has 3 heteroatoms. The van der Waals surface area contributed by atoms with Crippen molar-refractivity contribution in [2.45, 2.75) is 41.2 Å². The van der Waals surface area contributed by atoms with Gasteiger partial charge in [0.25, 0.3) is 0 Å². The molecule has 0 fully saturated rings. The highest BCUT2D eigenvalue weighted by atomic mass is 32.2. The Hall–Kier alpha value is -0.0500. The third-order valence-electron chi connectivity index (χ3n) is 1.31. The van der Waals surface area contributed by atoms with E-state index in [0.717, 1.165) is 0 Å². The highest BCUT2D eigenvalue weighted by molar-refractivity contribution is 7.93. The third-order valence-corrected chi connectivity index (χ3v) is 3.92. The number of nitrogens with zero attached hydrogens (tertiary/aromatic N) is 1. The Morgan fingerprint density at radius 2 is 1.64 bits per heavy atom. The second kappa shape index (κ2) is 5.58. The van der Waals surface area contributed by atoms with Crippen LogP contribution in [0.15, 0.2) is 4.36 Å². The Balaban J connectivity index is 0. The van der Waals surface area contributed by atoms with Crippen molar-refractivity contribution >= 4 is 9.73 Å². The zero-order valence-corrected chi connectivity index (χ0v) is 8.07. The van der Waals surface area contributed by atoms with Gasteiger partial charge in [-0.25, -0.2) is 8.57 Å². The minimum atomic E-state index is -1.84. The first-order chi connectivity index (χ1) is 4.54. The van der Waals surface area contributed by atoms with E-state index in [2.05, 4.69) is 4.36 Å². The molecule has 0 spiro atoms. The van der Waals surface area contributed by atoms with Crippen LogP contribution in [0.1, 0.15) is 35.1 Å². The molecule has 2 nitrogen and oxygen atoms in total. The molecule has 0 aromatic heterocycles. The Labute approximate surface area is 71.6 Å². The standard InChI is InChI=1S/C7H17NOS.CH4/c1-5-10(9,6-2)8-7(3)4;/h7H,5-6H2,1-4H3;1H4. The Morgan fingerprint density at radius 1 is 1.27 bits per heavy atom. The highest BCUT2D eigenvalue weighted by Crippen LogP contribution is 1.99. The molecule has 0 heterocycles. The first kappa shape index (κ1) is 13.5. The van der Waals surface area contributed by atoms with Gasteiger partial charge in [0.05, 0.1) is 6.04 Å². The van der Waals surface area contributed by atoms with Gasteiger partial charge in [-0.15, -0.1) is 0 Å². The van der Waals surface area contributed by atoms with Gasteiger partial charge in [-0.1, -0.05) is 21.3 Å². The van der Waals surface area contributed by atoms with E-state index in [9.17, 15) is 4.21 Å². The molecule has 0 aliphatic carbocycles. The maximum absolute atomic E-state index is 11.6. The number of rotatable bonds is 3. The van der Waals surface area contributed by atoms with Crippen LogP contribution in [0.4, 0.5) is 0 Å². The smallest absolute Gasteiger partial charge is 0.0537 e. The topological polar surface area (TPSA) is 29.4 Å². The minimum Gasteiger partial charge on any atom is -0.250 e. The van der Waals surface area contributed by atoms with Crippen LogP contribution in [0.3, 0.4) is 0 Å². The van der Waals surface area contributed by atoms with Crippen LogP contribution in [0.2, 0.25) is 0 Å². The Morgan fingerprint density at radius 3 is 1.73 bits per heavy atom. The van der Waals surface area contributed by atoms with Crippen LogP contribution < -0.4 is 0 Å². The zero-order chi connectivity index (χ0) is 8.20. The second-order valence-corrected chi connectivity index (χ2v) is 5.46. The molecule has 0 bridgehead atoms. The van der Waals surface area contributed by atoms with Crippen molar-refractivity contribution in [3.63, 3.8) is 0 Å². The van der Waals surface area contributed by atoms with Crippen LogP contribution in [0.5, 0.6) is 0 Å². The van der Waals surface area contributed by atoms with E-state index < -0.39 is 9.73 Å². The first-order valence-corrected chi connectivity index (χ1v) is 5.61. The molecule has 0 unspecified atom stereocenters. The second-order valence-electron chi connectivity index (χ2n) is 2.55. The van der Waals surface area contributed by atoms with Crippen LogP contribution in [0.25, 0.3) is 0 Å². The summed E-state index contributed by atoms with van der Waals surface area (Å²) in [5.41, 5.74) is 0. The fourth-order valence-electron chi connectivity index (χ4n) is 0.737. The van der Waals surface area contributed by atoms with Crippen molar-refractivity contribution < 1.29 is 4.21 Å². The fraction of sp³-hybridized carbons (Fsp3) is 1.00. The largest absolute Gasteiger partial charge is 0.250 e. The summed E-state index contributed by atoms with van der Waals surface area (Å²) < 4.78 is 15.7. The lowest BCUT2D eigenvalue weighted by Crippen LogP contribution is -2.08. The summed E-state index contributed by atoms with van der Waals surface area (Å²) in [5, 5.41) is 0. The van der Waals surface area contributed by atoms with Gasteiger partial charge in [-0.05, 0) is 13.8 Å². The van der Waals surface area contributed by atoms with E-state index in [-0.39, 0.29) is 13.5 Å². The van der Waals surface area contributed by atoms with Gasteiger partial charge in [0.2, 0.25) is 0 Å². The van der Waals surface area contributed by atoms with E-state index in [1.807, 2.05) is 27.7 Å². The molecular formula is C8H21NOS. The number of hydrogen-bond acceptors (Lipinski definition) is 2. The summed E-state index contributed by atoms with van der Waals surface area (Å²) in [6, 6.07) is 0.201. The fourth-order valence-corrected chi connectivity index (χ4v) is 2.21. The van der Waals surface area contributed by atoms with Crippen molar-refractivity contribution in [1.29, 1.82) is 0 Å².